The first-order valence-corrected chi connectivity index (χ1v) is 19.1. The molecule has 2 aliphatic carbocycles. The molecule has 1 aromatic heterocycles. The number of allylic oxidation sites excluding steroid dienone is 5. The Labute approximate surface area is 177 Å². The summed E-state index contributed by atoms with van der Waals surface area (Å²) in [6, 6.07) is 11.3. The maximum absolute atomic E-state index is 5.47. The molecule has 2 aromatic rings. The average molecular weight is 466 g/mol. The molecule has 144 valence electrons. The van der Waals surface area contributed by atoms with E-state index in [4.69, 9.17) is 4.42 Å². The molecule has 0 fully saturated rings. The zero-order chi connectivity index (χ0) is 20.2. The van der Waals surface area contributed by atoms with Crippen LogP contribution in [-0.4, -0.2) is 5.43 Å². The summed E-state index contributed by atoms with van der Waals surface area (Å²) in [7, 11) is 0. The van der Waals surface area contributed by atoms with E-state index in [2.05, 4.69) is 78.0 Å². The molecule has 0 bridgehead atoms. The summed E-state index contributed by atoms with van der Waals surface area (Å²) in [5.41, 5.74) is 11.7. The fourth-order valence-corrected chi connectivity index (χ4v) is 25.9. The van der Waals surface area contributed by atoms with Crippen molar-refractivity contribution in [1.82, 2.24) is 0 Å². The standard InChI is InChI=1S/C14H11O.C9H13.C2H6Si.Zr/c1-10-8-11-4-2-3-5-13(11)14(10)12-6-7-15-9-12;1-6-5-7(2)9(4)8(6)3;1-3-2;/h2-9H,1H3;6H,1-4H3;1-2H3;. The third kappa shape index (κ3) is 2.97. The van der Waals surface area contributed by atoms with E-state index in [1.807, 2.05) is 15.8 Å². The molecule has 0 saturated heterocycles. The molecule has 0 saturated carbocycles. The van der Waals surface area contributed by atoms with Crippen molar-refractivity contribution < 1.29 is 24.8 Å². The molecule has 0 spiro atoms. The van der Waals surface area contributed by atoms with Crippen LogP contribution in [0, 0.1) is 5.92 Å². The minimum absolute atomic E-state index is 0.361. The van der Waals surface area contributed by atoms with Crippen molar-refractivity contribution in [2.45, 2.75) is 51.3 Å². The molecule has 0 amide bonds. The van der Waals surface area contributed by atoms with E-state index >= 15 is 0 Å². The van der Waals surface area contributed by atoms with Crippen molar-refractivity contribution >= 4 is 11.0 Å². The van der Waals surface area contributed by atoms with Crippen molar-refractivity contribution in [2.24, 2.45) is 5.92 Å². The molecule has 0 N–H and O–H groups in total. The van der Waals surface area contributed by atoms with Gasteiger partial charge in [-0.1, -0.05) is 0 Å². The molecule has 2 atom stereocenters. The van der Waals surface area contributed by atoms with Crippen LogP contribution in [0.25, 0.3) is 5.57 Å². The molecule has 4 rings (SSSR count). The van der Waals surface area contributed by atoms with E-state index < -0.39 is 20.4 Å². The van der Waals surface area contributed by atoms with Crippen molar-refractivity contribution in [3.63, 3.8) is 0 Å². The SMILES string of the molecule is CC1=C(C)C(C)[C]([Zr]([CH]2C(C)=C(c3ccoc3)c3ccccc32)=[Si](C)C)=C1C. The van der Waals surface area contributed by atoms with Crippen LogP contribution in [0.5, 0.6) is 0 Å². The van der Waals surface area contributed by atoms with Gasteiger partial charge in [-0.15, -0.1) is 0 Å². The maximum atomic E-state index is 5.47. The summed E-state index contributed by atoms with van der Waals surface area (Å²) in [4.78, 5) is 0. The predicted molar refractivity (Wildman–Crippen MR) is 117 cm³/mol. The first kappa shape index (κ1) is 20.1. The minimum atomic E-state index is -1.94. The second-order valence-electron chi connectivity index (χ2n) is 8.57. The Morgan fingerprint density at radius 1 is 0.929 bits per heavy atom. The van der Waals surface area contributed by atoms with E-state index in [0.29, 0.717) is 9.54 Å². The van der Waals surface area contributed by atoms with Crippen molar-refractivity contribution in [2.75, 3.05) is 0 Å². The zero-order valence-corrected chi connectivity index (χ0v) is 21.6. The van der Waals surface area contributed by atoms with Crippen LogP contribution in [0.15, 0.2) is 72.8 Å². The van der Waals surface area contributed by atoms with Crippen molar-refractivity contribution in [3.8, 4) is 0 Å². The van der Waals surface area contributed by atoms with E-state index in [9.17, 15) is 0 Å². The van der Waals surface area contributed by atoms with Crippen LogP contribution in [0.1, 0.15) is 54.9 Å². The second kappa shape index (κ2) is 7.58. The molecular formula is C25H30OSiZr. The summed E-state index contributed by atoms with van der Waals surface area (Å²) in [5, 5.41) is 0. The molecule has 0 radical (unpaired) electrons. The Morgan fingerprint density at radius 3 is 2.21 bits per heavy atom. The van der Waals surface area contributed by atoms with Gasteiger partial charge in [0, 0.05) is 0 Å². The number of hydrogen-bond donors (Lipinski definition) is 0. The Hall–Kier alpha value is -1.18. The number of hydrogen-bond acceptors (Lipinski definition) is 1. The van der Waals surface area contributed by atoms with Gasteiger partial charge < -0.3 is 0 Å². The third-order valence-corrected chi connectivity index (χ3v) is 25.9. The van der Waals surface area contributed by atoms with Gasteiger partial charge in [-0.2, -0.15) is 0 Å². The van der Waals surface area contributed by atoms with Crippen LogP contribution in [-0.2, 0) is 20.4 Å². The van der Waals surface area contributed by atoms with Crippen molar-refractivity contribution in [1.29, 1.82) is 0 Å². The molecule has 0 aliphatic heterocycles. The van der Waals surface area contributed by atoms with Crippen molar-refractivity contribution in [3.05, 3.63) is 85.1 Å². The van der Waals surface area contributed by atoms with E-state index in [1.165, 1.54) is 16.7 Å². The average Bonchev–Trinajstić information content (AvgIpc) is 3.33. The number of fused-ring (bicyclic) bond motifs is 1. The van der Waals surface area contributed by atoms with Crippen LogP contribution in [0.4, 0.5) is 0 Å². The molecule has 1 nitrogen and oxygen atoms in total. The summed E-state index contributed by atoms with van der Waals surface area (Å²) in [5.74, 6) is 0.646. The summed E-state index contributed by atoms with van der Waals surface area (Å²) < 4.78 is 8.03. The number of benzene rings is 1. The van der Waals surface area contributed by atoms with Crippen LogP contribution in [0.3, 0.4) is 0 Å². The monoisotopic (exact) mass is 464 g/mol. The molecule has 2 aliphatic rings. The van der Waals surface area contributed by atoms with E-state index in [0.717, 1.165) is 0 Å². The second-order valence-corrected chi connectivity index (χ2v) is 25.9. The van der Waals surface area contributed by atoms with E-state index in [1.54, 1.807) is 27.9 Å². The van der Waals surface area contributed by atoms with E-state index in [-0.39, 0.29) is 5.43 Å². The normalized spacial score (nSPS) is 21.7. The summed E-state index contributed by atoms with van der Waals surface area (Å²) in [6.07, 6.45) is 3.73. The topological polar surface area (TPSA) is 13.1 Å². The number of furan rings is 1. The molecule has 1 aromatic carbocycles. The van der Waals surface area contributed by atoms with Gasteiger partial charge in [0.25, 0.3) is 0 Å². The third-order valence-electron chi connectivity index (χ3n) is 6.94. The molecule has 1 heterocycles. The van der Waals surface area contributed by atoms with Crippen LogP contribution >= 0.6 is 0 Å². The molecular weight excluding hydrogens is 436 g/mol. The van der Waals surface area contributed by atoms with Gasteiger partial charge in [0.1, 0.15) is 0 Å². The Morgan fingerprint density at radius 2 is 1.64 bits per heavy atom. The van der Waals surface area contributed by atoms with Gasteiger partial charge in [-0.25, -0.2) is 0 Å². The van der Waals surface area contributed by atoms with Gasteiger partial charge in [-0.05, 0) is 0 Å². The van der Waals surface area contributed by atoms with Gasteiger partial charge in [0.05, 0.1) is 0 Å². The zero-order valence-electron chi connectivity index (χ0n) is 18.1. The Bertz CT molecular complexity index is 1080. The summed E-state index contributed by atoms with van der Waals surface area (Å²) >= 11 is -1.94. The summed E-state index contributed by atoms with van der Waals surface area (Å²) in [6.45, 7) is 17.1. The van der Waals surface area contributed by atoms with Gasteiger partial charge in [-0.3, -0.25) is 0 Å². The molecule has 3 heteroatoms. The number of rotatable bonds is 3. The van der Waals surface area contributed by atoms with Gasteiger partial charge in [0.2, 0.25) is 0 Å². The fraction of sp³-hybridized carbons (Fsp3) is 0.360. The molecule has 2 unspecified atom stereocenters. The van der Waals surface area contributed by atoms with Gasteiger partial charge in [0.15, 0.2) is 0 Å². The predicted octanol–water partition coefficient (Wildman–Crippen LogP) is 7.29. The molecule has 28 heavy (non-hydrogen) atoms. The van der Waals surface area contributed by atoms with Crippen LogP contribution < -0.4 is 0 Å². The Kier molecular flexibility index (Phi) is 5.44. The van der Waals surface area contributed by atoms with Gasteiger partial charge >= 0.3 is 178 Å². The first-order valence-electron chi connectivity index (χ1n) is 10.2. The first-order chi connectivity index (χ1) is 13.3. The van der Waals surface area contributed by atoms with Crippen LogP contribution in [0.2, 0.25) is 13.1 Å². The fourth-order valence-electron chi connectivity index (χ4n) is 5.24. The Balaban J connectivity index is 1.96. The quantitative estimate of drug-likeness (QED) is 0.434.